The van der Waals surface area contributed by atoms with Gasteiger partial charge in [0.05, 0.1) is 16.9 Å². The number of rotatable bonds is 7. The highest BCUT2D eigenvalue weighted by Crippen LogP contribution is 2.65. The van der Waals surface area contributed by atoms with Gasteiger partial charge in [-0.3, -0.25) is 19.3 Å². The van der Waals surface area contributed by atoms with E-state index in [4.69, 9.17) is 27.9 Å². The van der Waals surface area contributed by atoms with Gasteiger partial charge in [0.2, 0.25) is 17.6 Å². The van der Waals surface area contributed by atoms with Crippen molar-refractivity contribution in [2.75, 3.05) is 6.61 Å². The van der Waals surface area contributed by atoms with Crippen molar-refractivity contribution in [3.05, 3.63) is 46.0 Å². The van der Waals surface area contributed by atoms with Gasteiger partial charge < -0.3 is 4.74 Å². The lowest BCUT2D eigenvalue weighted by atomic mass is 9.63. The first-order valence-corrected chi connectivity index (χ1v) is 12.1. The Kier molecular flexibility index (Phi) is 5.65. The van der Waals surface area contributed by atoms with Crippen LogP contribution in [-0.4, -0.2) is 41.1 Å². The van der Waals surface area contributed by atoms with Gasteiger partial charge in [-0.2, -0.15) is 0 Å². The number of halogens is 2. The lowest BCUT2D eigenvalue weighted by molar-refractivity contribution is -0.159. The number of amides is 2. The van der Waals surface area contributed by atoms with Crippen molar-refractivity contribution in [1.29, 1.82) is 0 Å². The molecule has 0 N–H and O–H groups in total. The molecular weight excluding hydrogens is 465 g/mol. The summed E-state index contributed by atoms with van der Waals surface area (Å²) in [6, 6.07) is 3.40. The van der Waals surface area contributed by atoms with E-state index >= 15 is 0 Å². The molecule has 2 amide bonds. The molecule has 1 heterocycles. The molecule has 0 unspecified atom stereocenters. The quantitative estimate of drug-likeness (QED) is 0.248. The number of allylic oxidation sites excluding steroid dienone is 2. The topological polar surface area (TPSA) is 80.8 Å². The van der Waals surface area contributed by atoms with Gasteiger partial charge in [-0.1, -0.05) is 49.2 Å². The van der Waals surface area contributed by atoms with Crippen molar-refractivity contribution >= 4 is 46.8 Å². The maximum Gasteiger partial charge on any atom is 0.329 e. The summed E-state index contributed by atoms with van der Waals surface area (Å²) in [7, 11) is 0. The van der Waals surface area contributed by atoms with E-state index in [2.05, 4.69) is 12.2 Å². The van der Waals surface area contributed by atoms with E-state index in [0.717, 1.165) is 11.3 Å². The van der Waals surface area contributed by atoms with E-state index in [-0.39, 0.29) is 58.4 Å². The zero-order valence-electron chi connectivity index (χ0n) is 18.4. The summed E-state index contributed by atoms with van der Waals surface area (Å²) in [6.07, 6.45) is 5.54. The normalized spacial score (nSPS) is 32.1. The minimum Gasteiger partial charge on any atom is -0.456 e. The van der Waals surface area contributed by atoms with Crippen LogP contribution in [0.3, 0.4) is 0 Å². The van der Waals surface area contributed by atoms with Gasteiger partial charge in [0.25, 0.3) is 0 Å². The number of carbonyl (C=O) groups is 4. The summed E-state index contributed by atoms with van der Waals surface area (Å²) in [5.74, 6) is -1.38. The van der Waals surface area contributed by atoms with Gasteiger partial charge in [-0.05, 0) is 60.6 Å². The molecule has 2 bridgehead atoms. The van der Waals surface area contributed by atoms with Crippen LogP contribution in [0.15, 0.2) is 30.4 Å². The third kappa shape index (κ3) is 3.71. The smallest absolute Gasteiger partial charge is 0.329 e. The van der Waals surface area contributed by atoms with Crippen LogP contribution in [0.25, 0.3) is 0 Å². The third-order valence-electron chi connectivity index (χ3n) is 7.55. The number of esters is 1. The van der Waals surface area contributed by atoms with Crippen LogP contribution in [0.5, 0.6) is 0 Å². The molecule has 174 valence electrons. The second-order valence-corrected chi connectivity index (χ2v) is 10.8. The molecule has 8 heteroatoms. The maximum absolute atomic E-state index is 13.4. The number of hydrogen-bond donors (Lipinski definition) is 0. The Morgan fingerprint density at radius 1 is 1.06 bits per heavy atom. The number of likely N-dealkylation sites (tertiary alicyclic amines) is 1. The molecule has 4 aliphatic carbocycles. The molecule has 0 spiro atoms. The number of nitrogens with zero attached hydrogens (tertiary/aromatic N) is 1. The average Bonchev–Trinajstić information content (AvgIpc) is 3.54. The molecule has 0 radical (unpaired) electrons. The van der Waals surface area contributed by atoms with Crippen LogP contribution < -0.4 is 0 Å². The van der Waals surface area contributed by atoms with Crippen molar-refractivity contribution < 1.29 is 23.9 Å². The molecule has 1 aromatic rings. The minimum absolute atomic E-state index is 0.0374. The summed E-state index contributed by atoms with van der Waals surface area (Å²) in [5, 5.41) is 0.553. The van der Waals surface area contributed by atoms with Crippen LogP contribution in [0.1, 0.15) is 37.0 Å². The van der Waals surface area contributed by atoms with Gasteiger partial charge >= 0.3 is 5.97 Å². The Bertz CT molecular complexity index is 1050. The van der Waals surface area contributed by atoms with Crippen LogP contribution in [0.2, 0.25) is 10.0 Å². The maximum atomic E-state index is 13.4. The van der Waals surface area contributed by atoms with E-state index in [1.54, 1.807) is 0 Å². The minimum atomic E-state index is -1.04. The molecule has 0 aromatic heterocycles. The largest absolute Gasteiger partial charge is 0.456 e. The summed E-state index contributed by atoms with van der Waals surface area (Å²) in [5.41, 5.74) is 0.190. The summed E-state index contributed by atoms with van der Waals surface area (Å²) in [6.45, 7) is 3.30. The predicted octanol–water partition coefficient (Wildman–Crippen LogP) is 4.19. The highest BCUT2D eigenvalue weighted by atomic mass is 35.5. The Balaban J connectivity index is 1.33. The second-order valence-electron chi connectivity index (χ2n) is 10.0. The van der Waals surface area contributed by atoms with E-state index < -0.39 is 24.4 Å². The molecule has 3 fully saturated rings. The fraction of sp³-hybridized carbons (Fsp3) is 0.520. The molecule has 6 nitrogen and oxygen atoms in total. The zero-order chi connectivity index (χ0) is 23.6. The Labute approximate surface area is 202 Å². The van der Waals surface area contributed by atoms with Gasteiger partial charge in [0.1, 0.15) is 6.04 Å². The molecule has 2 saturated carbocycles. The van der Waals surface area contributed by atoms with Crippen molar-refractivity contribution in [1.82, 2.24) is 4.90 Å². The molecule has 33 heavy (non-hydrogen) atoms. The number of ether oxygens (including phenoxy) is 1. The van der Waals surface area contributed by atoms with Crippen LogP contribution in [0, 0.1) is 41.4 Å². The SMILES string of the molecule is CC(C)C[C@H](C(=O)OCC(=O)c1ccc(Cl)cc1Cl)N1C(=O)[C@@H]2[C@H]3C=C[C@@H]([C@@H]4C[C@@H]34)[C@@H]2C1=O. The fourth-order valence-electron chi connectivity index (χ4n) is 6.07. The van der Waals surface area contributed by atoms with Crippen molar-refractivity contribution in [2.45, 2.75) is 32.7 Å². The van der Waals surface area contributed by atoms with E-state index in [9.17, 15) is 19.2 Å². The Morgan fingerprint density at radius 2 is 1.67 bits per heavy atom. The zero-order valence-corrected chi connectivity index (χ0v) is 19.9. The van der Waals surface area contributed by atoms with Crippen molar-refractivity contribution in [3.8, 4) is 0 Å². The first kappa shape index (κ1) is 22.6. The Morgan fingerprint density at radius 3 is 2.21 bits per heavy atom. The average molecular weight is 490 g/mol. The van der Waals surface area contributed by atoms with Crippen molar-refractivity contribution in [3.63, 3.8) is 0 Å². The predicted molar refractivity (Wildman–Crippen MR) is 122 cm³/mol. The van der Waals surface area contributed by atoms with E-state index in [0.29, 0.717) is 16.9 Å². The standard InChI is InChI=1S/C25H25Cl2NO5/c1-11(2)7-19(25(32)33-10-20(29)15-4-3-12(26)8-18(15)27)28-23(30)21-13-5-6-14(17-9-16(13)17)22(21)24(28)31/h3-6,8,11,13-14,16-17,19,21-22H,7,9-10H2,1-2H3/t13-,14-,16-,17-,19+,21-,22+/m0/s1. The molecule has 1 aromatic carbocycles. The number of carbonyl (C=O) groups excluding carboxylic acids is 4. The first-order chi connectivity index (χ1) is 15.7. The lowest BCUT2D eigenvalue weighted by Gasteiger charge is -2.37. The molecule has 7 atom stereocenters. The number of Topliss-reactive ketones (excluding diaryl/α,β-unsaturated/α-hetero) is 1. The summed E-state index contributed by atoms with van der Waals surface area (Å²) < 4.78 is 5.33. The summed E-state index contributed by atoms with van der Waals surface area (Å²) >= 11 is 12.0. The number of benzene rings is 1. The Hall–Kier alpha value is -2.18. The second kappa shape index (κ2) is 8.24. The fourth-order valence-corrected chi connectivity index (χ4v) is 6.58. The van der Waals surface area contributed by atoms with Gasteiger partial charge in [-0.25, -0.2) is 4.79 Å². The van der Waals surface area contributed by atoms with Gasteiger partial charge in [0, 0.05) is 10.6 Å². The van der Waals surface area contributed by atoms with Gasteiger partial charge in [0.15, 0.2) is 6.61 Å². The first-order valence-electron chi connectivity index (χ1n) is 11.4. The van der Waals surface area contributed by atoms with Crippen molar-refractivity contribution in [2.24, 2.45) is 41.4 Å². The lowest BCUT2D eigenvalue weighted by Crippen LogP contribution is -2.47. The van der Waals surface area contributed by atoms with Crippen LogP contribution in [0.4, 0.5) is 0 Å². The molecule has 5 aliphatic rings. The summed E-state index contributed by atoms with van der Waals surface area (Å²) in [4.78, 5) is 53.7. The number of hydrogen-bond acceptors (Lipinski definition) is 5. The number of imide groups is 1. The van der Waals surface area contributed by atoms with Crippen LogP contribution >= 0.6 is 23.2 Å². The van der Waals surface area contributed by atoms with E-state index in [1.807, 2.05) is 13.8 Å². The van der Waals surface area contributed by atoms with E-state index in [1.165, 1.54) is 18.2 Å². The number of ketones is 1. The molecule has 1 aliphatic heterocycles. The van der Waals surface area contributed by atoms with Gasteiger partial charge in [-0.15, -0.1) is 0 Å². The third-order valence-corrected chi connectivity index (χ3v) is 8.10. The molecule has 1 saturated heterocycles. The monoisotopic (exact) mass is 489 g/mol. The highest BCUT2D eigenvalue weighted by molar-refractivity contribution is 6.36. The highest BCUT2D eigenvalue weighted by Gasteiger charge is 2.68. The van der Waals surface area contributed by atoms with Crippen LogP contribution in [-0.2, 0) is 19.1 Å². The molecule has 6 rings (SSSR count). The molecular formula is C25H25Cl2NO5.